The van der Waals surface area contributed by atoms with Gasteiger partial charge in [-0.2, -0.15) is 5.10 Å². The van der Waals surface area contributed by atoms with Crippen LogP contribution in [0.15, 0.2) is 54.7 Å². The Balaban J connectivity index is 1.60. The molecule has 3 aromatic rings. The molecule has 0 saturated carbocycles. The summed E-state index contributed by atoms with van der Waals surface area (Å²) < 4.78 is 12.4. The lowest BCUT2D eigenvalue weighted by atomic mass is 10.1. The van der Waals surface area contributed by atoms with Crippen molar-refractivity contribution in [1.82, 2.24) is 9.78 Å². The summed E-state index contributed by atoms with van der Waals surface area (Å²) >= 11 is 5.37. The predicted octanol–water partition coefficient (Wildman–Crippen LogP) is 4.07. The Morgan fingerprint density at radius 3 is 2.44 bits per heavy atom. The minimum absolute atomic E-state index is 0.447. The molecule has 0 aliphatic rings. The Morgan fingerprint density at radius 1 is 1.00 bits per heavy atom. The van der Waals surface area contributed by atoms with Gasteiger partial charge in [0.2, 0.25) is 0 Å². The molecule has 140 valence electrons. The summed E-state index contributed by atoms with van der Waals surface area (Å²) in [4.78, 5) is 0. The fourth-order valence-corrected chi connectivity index (χ4v) is 2.81. The third-order valence-electron chi connectivity index (χ3n) is 3.99. The second-order valence-corrected chi connectivity index (χ2v) is 6.44. The topological polar surface area (TPSA) is 60.3 Å². The molecule has 0 radical (unpaired) electrons. The highest BCUT2D eigenvalue weighted by atomic mass is 32.1. The van der Waals surface area contributed by atoms with Crippen LogP contribution >= 0.6 is 12.2 Å². The number of hydrogen-bond donors (Lipinski definition) is 2. The Morgan fingerprint density at radius 2 is 1.74 bits per heavy atom. The third kappa shape index (κ3) is 4.98. The van der Waals surface area contributed by atoms with Gasteiger partial charge in [0.25, 0.3) is 0 Å². The van der Waals surface area contributed by atoms with E-state index >= 15 is 0 Å². The Bertz CT molecular complexity index is 922. The average molecular weight is 382 g/mol. The van der Waals surface area contributed by atoms with Crippen molar-refractivity contribution in [3.63, 3.8) is 0 Å². The Kier molecular flexibility index (Phi) is 5.93. The van der Waals surface area contributed by atoms with Gasteiger partial charge in [-0.05, 0) is 36.8 Å². The fraction of sp³-hybridized carbons (Fsp3) is 0.200. The monoisotopic (exact) mass is 382 g/mol. The first-order valence-electron chi connectivity index (χ1n) is 8.46. The quantitative estimate of drug-likeness (QED) is 0.627. The summed E-state index contributed by atoms with van der Waals surface area (Å²) in [6.07, 6.45) is 1.92. The number of methoxy groups -OCH3 is 2. The van der Waals surface area contributed by atoms with Gasteiger partial charge in [0.15, 0.2) is 22.4 Å². The first-order valence-corrected chi connectivity index (χ1v) is 8.87. The number of ether oxygens (including phenoxy) is 2. The Hall–Kier alpha value is -3.06. The lowest BCUT2D eigenvalue weighted by Crippen LogP contribution is -2.19. The van der Waals surface area contributed by atoms with Crippen molar-refractivity contribution in [2.75, 3.05) is 24.9 Å². The van der Waals surface area contributed by atoms with Crippen LogP contribution < -0.4 is 20.1 Å². The van der Waals surface area contributed by atoms with Crippen LogP contribution in [-0.2, 0) is 6.54 Å². The minimum Gasteiger partial charge on any atom is -0.493 e. The molecular formula is C20H22N4O2S. The molecule has 3 rings (SSSR count). The van der Waals surface area contributed by atoms with Gasteiger partial charge in [-0.3, -0.25) is 4.68 Å². The van der Waals surface area contributed by atoms with E-state index in [1.54, 1.807) is 14.2 Å². The van der Waals surface area contributed by atoms with Crippen molar-refractivity contribution < 1.29 is 9.47 Å². The van der Waals surface area contributed by atoms with Gasteiger partial charge < -0.3 is 20.1 Å². The molecule has 0 amide bonds. The molecule has 27 heavy (non-hydrogen) atoms. The van der Waals surface area contributed by atoms with Crippen LogP contribution in [0.4, 0.5) is 11.5 Å². The van der Waals surface area contributed by atoms with Crippen LogP contribution in [0.1, 0.15) is 11.1 Å². The molecule has 7 heteroatoms. The molecule has 2 aromatic carbocycles. The van der Waals surface area contributed by atoms with E-state index in [9.17, 15) is 0 Å². The number of thiocarbonyl (C=S) groups is 1. The predicted molar refractivity (Wildman–Crippen MR) is 112 cm³/mol. The maximum absolute atomic E-state index is 5.37. The molecule has 0 saturated heterocycles. The van der Waals surface area contributed by atoms with Gasteiger partial charge in [-0.1, -0.05) is 29.8 Å². The number of aryl methyl sites for hydroxylation is 1. The van der Waals surface area contributed by atoms with E-state index in [2.05, 4.69) is 46.9 Å². The zero-order valence-electron chi connectivity index (χ0n) is 15.5. The average Bonchev–Trinajstić information content (AvgIpc) is 3.10. The number of benzene rings is 2. The van der Waals surface area contributed by atoms with Gasteiger partial charge in [0.1, 0.15) is 0 Å². The van der Waals surface area contributed by atoms with Crippen molar-refractivity contribution in [1.29, 1.82) is 0 Å². The second kappa shape index (κ2) is 8.55. The molecule has 0 aliphatic heterocycles. The van der Waals surface area contributed by atoms with Crippen molar-refractivity contribution in [2.24, 2.45) is 0 Å². The molecular weight excluding hydrogens is 360 g/mol. The molecule has 0 atom stereocenters. The molecule has 1 aromatic heterocycles. The summed E-state index contributed by atoms with van der Waals surface area (Å²) in [5.74, 6) is 1.98. The van der Waals surface area contributed by atoms with Crippen LogP contribution in [0.5, 0.6) is 11.5 Å². The van der Waals surface area contributed by atoms with E-state index in [-0.39, 0.29) is 0 Å². The lowest BCUT2D eigenvalue weighted by molar-refractivity contribution is 0.355. The zero-order chi connectivity index (χ0) is 19.2. The van der Waals surface area contributed by atoms with E-state index in [4.69, 9.17) is 21.7 Å². The zero-order valence-corrected chi connectivity index (χ0v) is 16.3. The number of nitrogens with one attached hydrogen (secondary N) is 2. The molecule has 1 heterocycles. The highest BCUT2D eigenvalue weighted by Crippen LogP contribution is 2.29. The molecule has 0 fully saturated rings. The van der Waals surface area contributed by atoms with Gasteiger partial charge in [0.05, 0.1) is 20.8 Å². The van der Waals surface area contributed by atoms with E-state index in [1.807, 2.05) is 35.1 Å². The van der Waals surface area contributed by atoms with Crippen molar-refractivity contribution >= 4 is 28.8 Å². The number of aromatic nitrogens is 2. The van der Waals surface area contributed by atoms with Crippen LogP contribution in [0.2, 0.25) is 0 Å². The van der Waals surface area contributed by atoms with Crippen molar-refractivity contribution in [2.45, 2.75) is 13.5 Å². The summed E-state index contributed by atoms with van der Waals surface area (Å²) in [6.45, 7) is 2.78. The summed E-state index contributed by atoms with van der Waals surface area (Å²) in [5, 5.41) is 11.2. The van der Waals surface area contributed by atoms with Gasteiger partial charge in [0, 0.05) is 24.0 Å². The number of rotatable bonds is 6. The third-order valence-corrected chi connectivity index (χ3v) is 4.19. The number of anilines is 2. The van der Waals surface area contributed by atoms with Gasteiger partial charge in [-0.25, -0.2) is 0 Å². The molecule has 0 spiro atoms. The maximum atomic E-state index is 5.37. The smallest absolute Gasteiger partial charge is 0.176 e. The minimum atomic E-state index is 0.447. The second-order valence-electron chi connectivity index (χ2n) is 6.03. The standard InChI is InChI=1S/C20H22N4O2S/c1-14-4-6-15(7-5-14)13-24-11-10-19(23-24)22-20(27)21-16-8-9-17(25-2)18(12-16)26-3/h4-12H,13H2,1-3H3,(H2,21,22,23,27). The van der Waals surface area contributed by atoms with Crippen LogP contribution in [0.25, 0.3) is 0 Å². The summed E-state index contributed by atoms with van der Waals surface area (Å²) in [7, 11) is 3.20. The largest absolute Gasteiger partial charge is 0.493 e. The first-order chi connectivity index (χ1) is 13.1. The highest BCUT2D eigenvalue weighted by Gasteiger charge is 2.07. The first kappa shape index (κ1) is 18.7. The van der Waals surface area contributed by atoms with Crippen LogP contribution in [0.3, 0.4) is 0 Å². The number of nitrogens with zero attached hydrogens (tertiary/aromatic N) is 2. The molecule has 0 aliphatic carbocycles. The van der Waals surface area contributed by atoms with E-state index in [0.717, 1.165) is 5.69 Å². The maximum Gasteiger partial charge on any atom is 0.176 e. The van der Waals surface area contributed by atoms with E-state index in [1.165, 1.54) is 11.1 Å². The number of hydrogen-bond acceptors (Lipinski definition) is 4. The van der Waals surface area contributed by atoms with E-state index in [0.29, 0.717) is 29.0 Å². The van der Waals surface area contributed by atoms with E-state index < -0.39 is 0 Å². The molecule has 2 N–H and O–H groups in total. The highest BCUT2D eigenvalue weighted by molar-refractivity contribution is 7.80. The molecule has 0 unspecified atom stereocenters. The molecule has 6 nitrogen and oxygen atoms in total. The normalized spacial score (nSPS) is 10.3. The lowest BCUT2D eigenvalue weighted by Gasteiger charge is -2.12. The SMILES string of the molecule is COc1ccc(NC(=S)Nc2ccn(Cc3ccc(C)cc3)n2)cc1OC. The summed E-state index contributed by atoms with van der Waals surface area (Å²) in [6, 6.07) is 15.8. The van der Waals surface area contributed by atoms with Crippen LogP contribution in [0, 0.1) is 6.92 Å². The van der Waals surface area contributed by atoms with Crippen molar-refractivity contribution in [3.8, 4) is 11.5 Å². The van der Waals surface area contributed by atoms with Crippen molar-refractivity contribution in [3.05, 3.63) is 65.9 Å². The van der Waals surface area contributed by atoms with Gasteiger partial charge >= 0.3 is 0 Å². The summed E-state index contributed by atoms with van der Waals surface area (Å²) in [5.41, 5.74) is 3.23. The Labute approximate surface area is 164 Å². The van der Waals surface area contributed by atoms with Gasteiger partial charge in [-0.15, -0.1) is 0 Å². The molecule has 0 bridgehead atoms. The fourth-order valence-electron chi connectivity index (χ4n) is 2.59. The van der Waals surface area contributed by atoms with Crippen LogP contribution in [-0.4, -0.2) is 29.1 Å².